The van der Waals surface area contributed by atoms with Gasteiger partial charge in [0.25, 0.3) is 0 Å². The number of unbranched alkanes of at least 4 members (excludes halogenated alkanes) is 1. The summed E-state index contributed by atoms with van der Waals surface area (Å²) in [5, 5.41) is 10.6. The summed E-state index contributed by atoms with van der Waals surface area (Å²) in [6.07, 6.45) is 9.71. The van der Waals surface area contributed by atoms with Crippen LogP contribution in [0.5, 0.6) is 0 Å². The molecule has 0 saturated carbocycles. The van der Waals surface area contributed by atoms with E-state index in [0.717, 1.165) is 66.3 Å². The lowest BCUT2D eigenvalue weighted by Gasteiger charge is -2.21. The zero-order valence-electron chi connectivity index (χ0n) is 19.4. The highest BCUT2D eigenvalue weighted by Gasteiger charge is 2.27. The van der Waals surface area contributed by atoms with Gasteiger partial charge in [0.05, 0.1) is 17.6 Å². The zero-order chi connectivity index (χ0) is 23.2. The summed E-state index contributed by atoms with van der Waals surface area (Å²) in [6.45, 7) is 1.83. The van der Waals surface area contributed by atoms with E-state index in [4.69, 9.17) is 5.73 Å². The fourth-order valence-electron chi connectivity index (χ4n) is 4.49. The third-order valence-corrected chi connectivity index (χ3v) is 6.46. The highest BCUT2D eigenvalue weighted by Crippen LogP contribution is 2.20. The first-order valence-corrected chi connectivity index (χ1v) is 12.2. The van der Waals surface area contributed by atoms with Crippen LogP contribution in [0, 0.1) is 11.8 Å². The van der Waals surface area contributed by atoms with Crippen molar-refractivity contribution in [1.29, 1.82) is 0 Å². The Balaban J connectivity index is 1.18. The molecule has 0 bridgehead atoms. The molecule has 1 fully saturated rings. The first-order valence-electron chi connectivity index (χ1n) is 12.2. The highest BCUT2D eigenvalue weighted by atomic mass is 15.2. The van der Waals surface area contributed by atoms with Crippen LogP contribution in [-0.4, -0.2) is 35.3 Å². The molecule has 1 saturated heterocycles. The third kappa shape index (κ3) is 5.33. The van der Waals surface area contributed by atoms with Crippen molar-refractivity contribution in [1.82, 2.24) is 25.9 Å². The van der Waals surface area contributed by atoms with Crippen LogP contribution >= 0.6 is 0 Å². The molecule has 34 heavy (non-hydrogen) atoms. The Labute approximate surface area is 201 Å². The van der Waals surface area contributed by atoms with Gasteiger partial charge in [0.1, 0.15) is 12.0 Å². The van der Waals surface area contributed by atoms with Gasteiger partial charge in [0, 0.05) is 29.8 Å². The minimum atomic E-state index is 0.268. The second-order valence-electron chi connectivity index (χ2n) is 8.94. The van der Waals surface area contributed by atoms with E-state index in [1.165, 1.54) is 18.4 Å². The molecule has 3 heterocycles. The van der Waals surface area contributed by atoms with Crippen LogP contribution in [0.4, 0.5) is 0 Å². The Kier molecular flexibility index (Phi) is 6.94. The number of H-pyrrole nitrogens is 1. The number of hydrogen-bond donors (Lipinski definition) is 5. The van der Waals surface area contributed by atoms with E-state index in [-0.39, 0.29) is 6.17 Å². The second-order valence-corrected chi connectivity index (χ2v) is 8.94. The molecule has 6 heteroatoms. The first kappa shape index (κ1) is 22.3. The number of rotatable bonds is 7. The molecule has 2 aromatic carbocycles. The predicted octanol–water partition coefficient (Wildman–Crippen LogP) is 3.33. The molecule has 5 rings (SSSR count). The molecule has 0 amide bonds. The number of nitrogens with one attached hydrogen (secondary N) is 4. The second kappa shape index (κ2) is 10.6. The van der Waals surface area contributed by atoms with Crippen LogP contribution in [0.1, 0.15) is 48.2 Å². The number of hydrogen-bond acceptors (Lipinski definition) is 5. The maximum atomic E-state index is 5.57. The number of aromatic nitrogens is 2. The van der Waals surface area contributed by atoms with Crippen LogP contribution in [-0.2, 0) is 6.42 Å². The fourth-order valence-corrected chi connectivity index (χ4v) is 4.49. The normalized spacial score (nSPS) is 19.1. The fraction of sp³-hybridized carbons (Fsp3) is 0.321. The van der Waals surface area contributed by atoms with Gasteiger partial charge in [-0.05, 0) is 74.2 Å². The van der Waals surface area contributed by atoms with Gasteiger partial charge in [0.15, 0.2) is 0 Å². The molecule has 6 nitrogen and oxygen atoms in total. The molecule has 2 atom stereocenters. The monoisotopic (exact) mass is 452 g/mol. The minimum absolute atomic E-state index is 0.268. The topological polar surface area (TPSA) is 90.8 Å². The van der Waals surface area contributed by atoms with Gasteiger partial charge < -0.3 is 26.7 Å². The molecule has 2 aliphatic rings. The largest absolute Gasteiger partial charge is 0.368 e. The molecule has 0 spiro atoms. The molecule has 1 aromatic heterocycles. The molecule has 2 aliphatic heterocycles. The summed E-state index contributed by atoms with van der Waals surface area (Å²) in [5.74, 6) is 7.57. The van der Waals surface area contributed by atoms with E-state index in [1.807, 2.05) is 6.20 Å². The standard InChI is InChI=1S/C28H32N6/c29-16-2-1-5-27-31-18-25(33-27)22-12-8-20(9-13-22)6-7-21-10-14-23(15-11-21)26-19-32-28(34-26)24-4-3-17-30-24/h8-15,18-19,24,28,30,32,34H,1-5,16-17,29H2,(H,31,33)/t24-,28?/m0/s1. The lowest BCUT2D eigenvalue weighted by atomic mass is 10.1. The van der Waals surface area contributed by atoms with Crippen molar-refractivity contribution < 1.29 is 0 Å². The van der Waals surface area contributed by atoms with E-state index >= 15 is 0 Å². The molecular formula is C28H32N6. The number of nitrogens with two attached hydrogens (primary N) is 1. The number of aryl methyl sites for hydroxylation is 1. The maximum absolute atomic E-state index is 5.57. The molecule has 0 aliphatic carbocycles. The molecule has 6 N–H and O–H groups in total. The Morgan fingerprint density at radius 1 is 0.941 bits per heavy atom. The van der Waals surface area contributed by atoms with Gasteiger partial charge in [-0.2, -0.15) is 0 Å². The summed E-state index contributed by atoms with van der Waals surface area (Å²) in [6, 6.07) is 17.2. The summed E-state index contributed by atoms with van der Waals surface area (Å²) in [4.78, 5) is 7.89. The summed E-state index contributed by atoms with van der Waals surface area (Å²) in [7, 11) is 0. The number of imidazole rings is 1. The minimum Gasteiger partial charge on any atom is -0.368 e. The van der Waals surface area contributed by atoms with Crippen molar-refractivity contribution in [2.45, 2.75) is 44.3 Å². The van der Waals surface area contributed by atoms with Crippen LogP contribution in [0.3, 0.4) is 0 Å². The van der Waals surface area contributed by atoms with Crippen molar-refractivity contribution in [3.05, 3.63) is 83.4 Å². The van der Waals surface area contributed by atoms with Gasteiger partial charge >= 0.3 is 0 Å². The van der Waals surface area contributed by atoms with E-state index in [1.54, 1.807) is 0 Å². The molecule has 1 unspecified atom stereocenters. The first-order chi connectivity index (χ1) is 16.8. The maximum Gasteiger partial charge on any atom is 0.112 e. The quantitative estimate of drug-likeness (QED) is 0.280. The van der Waals surface area contributed by atoms with Gasteiger partial charge in [0.2, 0.25) is 0 Å². The predicted molar refractivity (Wildman–Crippen MR) is 137 cm³/mol. The van der Waals surface area contributed by atoms with Gasteiger partial charge in [-0.25, -0.2) is 4.98 Å². The average Bonchev–Trinajstić information content (AvgIpc) is 3.65. The smallest absolute Gasteiger partial charge is 0.112 e. The van der Waals surface area contributed by atoms with Crippen molar-refractivity contribution in [3.63, 3.8) is 0 Å². The van der Waals surface area contributed by atoms with E-state index in [9.17, 15) is 0 Å². The Morgan fingerprint density at radius 3 is 2.35 bits per heavy atom. The molecule has 174 valence electrons. The average molecular weight is 453 g/mol. The van der Waals surface area contributed by atoms with Gasteiger partial charge in [-0.3, -0.25) is 0 Å². The number of nitrogens with zero attached hydrogens (tertiary/aromatic N) is 1. The van der Waals surface area contributed by atoms with E-state index in [0.29, 0.717) is 6.04 Å². The van der Waals surface area contributed by atoms with Crippen LogP contribution in [0.2, 0.25) is 0 Å². The molecule has 0 radical (unpaired) electrons. The van der Waals surface area contributed by atoms with E-state index < -0.39 is 0 Å². The zero-order valence-corrected chi connectivity index (χ0v) is 19.4. The molecular weight excluding hydrogens is 420 g/mol. The Hall–Kier alpha value is -3.53. The van der Waals surface area contributed by atoms with Crippen molar-refractivity contribution in [2.24, 2.45) is 5.73 Å². The van der Waals surface area contributed by atoms with Gasteiger partial charge in [-0.1, -0.05) is 36.1 Å². The Morgan fingerprint density at radius 2 is 1.68 bits per heavy atom. The molecule has 3 aromatic rings. The lowest BCUT2D eigenvalue weighted by Crippen LogP contribution is -2.47. The van der Waals surface area contributed by atoms with E-state index in [2.05, 4.69) is 92.5 Å². The number of benzene rings is 2. The summed E-state index contributed by atoms with van der Waals surface area (Å²) in [5.41, 5.74) is 12.0. The third-order valence-electron chi connectivity index (χ3n) is 6.46. The van der Waals surface area contributed by atoms with Gasteiger partial charge in [-0.15, -0.1) is 0 Å². The van der Waals surface area contributed by atoms with Crippen molar-refractivity contribution >= 4 is 5.70 Å². The summed E-state index contributed by atoms with van der Waals surface area (Å²) < 4.78 is 0. The summed E-state index contributed by atoms with van der Waals surface area (Å²) >= 11 is 0. The van der Waals surface area contributed by atoms with Crippen LogP contribution < -0.4 is 21.7 Å². The van der Waals surface area contributed by atoms with Crippen molar-refractivity contribution in [3.8, 4) is 23.1 Å². The highest BCUT2D eigenvalue weighted by molar-refractivity contribution is 5.66. The van der Waals surface area contributed by atoms with Crippen LogP contribution in [0.25, 0.3) is 17.0 Å². The lowest BCUT2D eigenvalue weighted by molar-refractivity contribution is 0.429. The number of aromatic amines is 1. The Bertz CT molecular complexity index is 1170. The SMILES string of the molecule is NCCCCc1ncc(-c2ccc(C#Cc3ccc(C4=CNC([C@@H]5CCCN5)N4)cc3)cc2)[nH]1. The van der Waals surface area contributed by atoms with Crippen molar-refractivity contribution in [2.75, 3.05) is 13.1 Å². The van der Waals surface area contributed by atoms with Crippen LogP contribution in [0.15, 0.2) is 60.9 Å².